The number of carbonyl (C=O) groups is 1. The van der Waals surface area contributed by atoms with Crippen molar-refractivity contribution >= 4 is 16.8 Å². The summed E-state index contributed by atoms with van der Waals surface area (Å²) in [6, 6.07) is 9.17. The van der Waals surface area contributed by atoms with Gasteiger partial charge in [0.15, 0.2) is 0 Å². The molecule has 0 spiro atoms. The highest BCUT2D eigenvalue weighted by Gasteiger charge is 2.41. The first-order valence-corrected chi connectivity index (χ1v) is 5.29. The molecule has 15 heavy (non-hydrogen) atoms. The standard InChI is InChI=1S/C12H15ClO2/c1-9(2)12(8-14,11(13)15)10-6-4-3-5-7-10/h3-7,9,14H,8H2,1-2H3. The molecule has 82 valence electrons. The number of aliphatic hydroxyl groups is 1. The molecule has 0 heterocycles. The minimum absolute atomic E-state index is 0.0464. The van der Waals surface area contributed by atoms with E-state index in [4.69, 9.17) is 11.6 Å². The monoisotopic (exact) mass is 226 g/mol. The number of hydrogen-bond acceptors (Lipinski definition) is 2. The number of rotatable bonds is 4. The highest BCUT2D eigenvalue weighted by molar-refractivity contribution is 6.65. The molecule has 1 rings (SSSR count). The Balaban J connectivity index is 3.28. The van der Waals surface area contributed by atoms with Crippen LogP contribution < -0.4 is 0 Å². The zero-order chi connectivity index (χ0) is 11.5. The third-order valence-electron chi connectivity index (χ3n) is 2.87. The van der Waals surface area contributed by atoms with Gasteiger partial charge in [0, 0.05) is 0 Å². The molecule has 1 N–H and O–H groups in total. The molecule has 3 heteroatoms. The first-order valence-electron chi connectivity index (χ1n) is 4.92. The van der Waals surface area contributed by atoms with E-state index in [-0.39, 0.29) is 12.5 Å². The second-order valence-corrected chi connectivity index (χ2v) is 4.27. The first kappa shape index (κ1) is 12.2. The third-order valence-corrected chi connectivity index (χ3v) is 3.21. The molecule has 2 nitrogen and oxygen atoms in total. The lowest BCUT2D eigenvalue weighted by atomic mass is 9.73. The molecule has 1 atom stereocenters. The molecule has 0 aliphatic rings. The molecule has 0 fully saturated rings. The van der Waals surface area contributed by atoms with Crippen LogP contribution in [0.1, 0.15) is 19.4 Å². The molecule has 1 aromatic rings. The SMILES string of the molecule is CC(C)C(CO)(C(=O)Cl)c1ccccc1. The maximum Gasteiger partial charge on any atom is 0.234 e. The molecule has 0 aromatic heterocycles. The van der Waals surface area contributed by atoms with Crippen LogP contribution in [0.25, 0.3) is 0 Å². The van der Waals surface area contributed by atoms with Gasteiger partial charge in [0.05, 0.1) is 12.0 Å². The summed E-state index contributed by atoms with van der Waals surface area (Å²) in [5.74, 6) is -0.0464. The van der Waals surface area contributed by atoms with E-state index in [1.54, 1.807) is 0 Å². The van der Waals surface area contributed by atoms with Crippen molar-refractivity contribution in [3.8, 4) is 0 Å². The Labute approximate surface area is 94.9 Å². The van der Waals surface area contributed by atoms with Crippen LogP contribution in [0.5, 0.6) is 0 Å². The Morgan fingerprint density at radius 3 is 2.27 bits per heavy atom. The molecular weight excluding hydrogens is 212 g/mol. The predicted molar refractivity (Wildman–Crippen MR) is 60.9 cm³/mol. The highest BCUT2D eigenvalue weighted by Crippen LogP contribution is 2.34. The number of hydrogen-bond donors (Lipinski definition) is 1. The van der Waals surface area contributed by atoms with Crippen LogP contribution in [-0.4, -0.2) is 17.0 Å². The van der Waals surface area contributed by atoms with Crippen molar-refractivity contribution in [2.45, 2.75) is 19.3 Å². The van der Waals surface area contributed by atoms with Crippen LogP contribution in [0.3, 0.4) is 0 Å². The summed E-state index contributed by atoms with van der Waals surface area (Å²) in [5, 5.41) is 8.96. The summed E-state index contributed by atoms with van der Waals surface area (Å²) in [6.45, 7) is 3.49. The molecule has 0 aliphatic heterocycles. The summed E-state index contributed by atoms with van der Waals surface area (Å²) >= 11 is 5.63. The fraction of sp³-hybridized carbons (Fsp3) is 0.417. The van der Waals surface area contributed by atoms with Gasteiger partial charge in [-0.25, -0.2) is 0 Å². The van der Waals surface area contributed by atoms with E-state index in [0.717, 1.165) is 5.56 Å². The smallest absolute Gasteiger partial charge is 0.234 e. The van der Waals surface area contributed by atoms with E-state index in [1.165, 1.54) is 0 Å². The van der Waals surface area contributed by atoms with Crippen LogP contribution >= 0.6 is 11.6 Å². The Hall–Kier alpha value is -0.860. The molecule has 0 aliphatic carbocycles. The van der Waals surface area contributed by atoms with Gasteiger partial charge in [-0.3, -0.25) is 4.79 Å². The van der Waals surface area contributed by atoms with Crippen molar-refractivity contribution in [3.63, 3.8) is 0 Å². The van der Waals surface area contributed by atoms with E-state index >= 15 is 0 Å². The average molecular weight is 227 g/mol. The van der Waals surface area contributed by atoms with Gasteiger partial charge in [0.1, 0.15) is 0 Å². The Morgan fingerprint density at radius 2 is 1.93 bits per heavy atom. The van der Waals surface area contributed by atoms with Gasteiger partial charge >= 0.3 is 0 Å². The molecular formula is C12H15ClO2. The molecule has 1 aromatic carbocycles. The maximum absolute atomic E-state index is 11.5. The Bertz CT molecular complexity index is 335. The van der Waals surface area contributed by atoms with E-state index in [1.807, 2.05) is 44.2 Å². The molecule has 0 bridgehead atoms. The number of carbonyl (C=O) groups excluding carboxylic acids is 1. The van der Waals surface area contributed by atoms with Gasteiger partial charge in [-0.2, -0.15) is 0 Å². The first-order chi connectivity index (χ1) is 7.05. The normalized spacial score (nSPS) is 15.0. The van der Waals surface area contributed by atoms with E-state index in [0.29, 0.717) is 0 Å². The minimum Gasteiger partial charge on any atom is -0.395 e. The molecule has 0 saturated heterocycles. The van der Waals surface area contributed by atoms with Crippen molar-refractivity contribution in [2.75, 3.05) is 6.61 Å². The summed E-state index contributed by atoms with van der Waals surface area (Å²) in [4.78, 5) is 11.5. The van der Waals surface area contributed by atoms with Crippen molar-refractivity contribution in [3.05, 3.63) is 35.9 Å². The lowest BCUT2D eigenvalue weighted by molar-refractivity contribution is -0.119. The fourth-order valence-corrected chi connectivity index (χ4v) is 2.13. The van der Waals surface area contributed by atoms with Crippen LogP contribution in [0.15, 0.2) is 30.3 Å². The summed E-state index contributed by atoms with van der Waals surface area (Å²) in [7, 11) is 0. The van der Waals surface area contributed by atoms with E-state index in [2.05, 4.69) is 0 Å². The van der Waals surface area contributed by atoms with Crippen molar-refractivity contribution in [1.82, 2.24) is 0 Å². The zero-order valence-electron chi connectivity index (χ0n) is 8.90. The zero-order valence-corrected chi connectivity index (χ0v) is 9.66. The summed E-state index contributed by atoms with van der Waals surface area (Å²) in [5.41, 5.74) is -0.217. The van der Waals surface area contributed by atoms with Crippen molar-refractivity contribution in [2.24, 2.45) is 5.92 Å². The number of benzene rings is 1. The Kier molecular flexibility index (Phi) is 3.89. The van der Waals surface area contributed by atoms with Crippen LogP contribution in [0.2, 0.25) is 0 Å². The largest absolute Gasteiger partial charge is 0.395 e. The predicted octanol–water partition coefficient (Wildman–Crippen LogP) is 2.34. The van der Waals surface area contributed by atoms with Gasteiger partial charge in [0.2, 0.25) is 5.24 Å². The van der Waals surface area contributed by atoms with E-state index < -0.39 is 10.7 Å². The van der Waals surface area contributed by atoms with Gasteiger partial charge < -0.3 is 5.11 Å². The van der Waals surface area contributed by atoms with Gasteiger partial charge in [0.25, 0.3) is 0 Å². The van der Waals surface area contributed by atoms with Gasteiger partial charge in [-0.05, 0) is 23.1 Å². The molecule has 0 amide bonds. The van der Waals surface area contributed by atoms with Crippen molar-refractivity contribution in [1.29, 1.82) is 0 Å². The van der Waals surface area contributed by atoms with E-state index in [9.17, 15) is 9.90 Å². The van der Waals surface area contributed by atoms with Crippen molar-refractivity contribution < 1.29 is 9.90 Å². The molecule has 1 unspecified atom stereocenters. The van der Waals surface area contributed by atoms with Crippen LogP contribution in [0, 0.1) is 5.92 Å². The van der Waals surface area contributed by atoms with Gasteiger partial charge in [-0.15, -0.1) is 0 Å². The maximum atomic E-state index is 11.5. The molecule has 0 saturated carbocycles. The quantitative estimate of drug-likeness (QED) is 0.801. The fourth-order valence-electron chi connectivity index (χ4n) is 1.75. The minimum atomic E-state index is -0.983. The second kappa shape index (κ2) is 4.77. The number of aliphatic hydroxyl groups excluding tert-OH is 1. The summed E-state index contributed by atoms with van der Waals surface area (Å²) in [6.07, 6.45) is 0. The molecule has 0 radical (unpaired) electrons. The lowest BCUT2D eigenvalue weighted by Crippen LogP contribution is -2.42. The highest BCUT2D eigenvalue weighted by atomic mass is 35.5. The lowest BCUT2D eigenvalue weighted by Gasteiger charge is -2.32. The Morgan fingerprint density at radius 1 is 1.40 bits per heavy atom. The summed E-state index contributed by atoms with van der Waals surface area (Å²) < 4.78 is 0. The van der Waals surface area contributed by atoms with Gasteiger partial charge in [-0.1, -0.05) is 44.2 Å². The average Bonchev–Trinajstić information content (AvgIpc) is 2.20. The third kappa shape index (κ3) is 2.06. The second-order valence-electron chi connectivity index (χ2n) is 3.92. The topological polar surface area (TPSA) is 37.3 Å². The van der Waals surface area contributed by atoms with Crippen LogP contribution in [-0.2, 0) is 10.2 Å². The number of halogens is 1. The van der Waals surface area contributed by atoms with Crippen LogP contribution in [0.4, 0.5) is 0 Å².